The molecule has 2 heterocycles. The van der Waals surface area contributed by atoms with E-state index in [1.54, 1.807) is 0 Å². The van der Waals surface area contributed by atoms with E-state index in [0.717, 1.165) is 40.7 Å². The van der Waals surface area contributed by atoms with Gasteiger partial charge in [-0.1, -0.05) is 29.2 Å². The molecule has 0 aliphatic heterocycles. The maximum absolute atomic E-state index is 12.2. The lowest BCUT2D eigenvalue weighted by Crippen LogP contribution is -2.17. The molecule has 6 nitrogen and oxygen atoms in total. The number of carbonyl (C=O) groups is 1. The fraction of sp³-hybridized carbons (Fsp3) is 0.294. The average molecular weight is 372 g/mol. The Hall–Kier alpha value is -2.19. The SMILES string of the molecule is Cc1ccc2nc(NC(=O)CSc3nc(=O)[nH]c4c3CCC4)sc2c1. The summed E-state index contributed by atoms with van der Waals surface area (Å²) in [4.78, 5) is 35.1. The molecule has 25 heavy (non-hydrogen) atoms. The van der Waals surface area contributed by atoms with E-state index in [4.69, 9.17) is 0 Å². The van der Waals surface area contributed by atoms with Gasteiger partial charge >= 0.3 is 5.69 Å². The van der Waals surface area contributed by atoms with Gasteiger partial charge in [-0.15, -0.1) is 0 Å². The summed E-state index contributed by atoms with van der Waals surface area (Å²) in [6.07, 6.45) is 2.79. The Morgan fingerprint density at radius 1 is 1.36 bits per heavy atom. The molecule has 1 aliphatic carbocycles. The monoisotopic (exact) mass is 372 g/mol. The molecule has 8 heteroatoms. The number of amides is 1. The Labute approximate surface area is 152 Å². The van der Waals surface area contributed by atoms with Gasteiger partial charge in [0.2, 0.25) is 5.91 Å². The minimum absolute atomic E-state index is 0.144. The molecular formula is C17H16N4O2S2. The quantitative estimate of drug-likeness (QED) is 0.543. The summed E-state index contributed by atoms with van der Waals surface area (Å²) in [6.45, 7) is 2.03. The minimum Gasteiger partial charge on any atom is -0.309 e. The number of fused-ring (bicyclic) bond motifs is 2. The van der Waals surface area contributed by atoms with Gasteiger partial charge in [-0.25, -0.2) is 9.78 Å². The van der Waals surface area contributed by atoms with Crippen LogP contribution in [0.25, 0.3) is 10.2 Å². The van der Waals surface area contributed by atoms with E-state index < -0.39 is 0 Å². The summed E-state index contributed by atoms with van der Waals surface area (Å²) < 4.78 is 1.05. The van der Waals surface area contributed by atoms with Crippen molar-refractivity contribution in [3.05, 3.63) is 45.5 Å². The predicted molar refractivity (Wildman–Crippen MR) is 101 cm³/mol. The molecule has 2 aromatic heterocycles. The standard InChI is InChI=1S/C17H16N4O2S2/c1-9-5-6-12-13(7-9)25-17(19-12)20-14(22)8-24-15-10-3-2-4-11(10)18-16(23)21-15/h5-7H,2-4,8H2,1H3,(H,18,21,23)(H,19,20,22). The number of anilines is 1. The number of rotatable bonds is 4. The van der Waals surface area contributed by atoms with E-state index >= 15 is 0 Å². The molecule has 0 spiro atoms. The van der Waals surface area contributed by atoms with Crippen LogP contribution in [0, 0.1) is 6.92 Å². The molecule has 1 amide bonds. The predicted octanol–water partition coefficient (Wildman–Crippen LogP) is 2.91. The fourth-order valence-electron chi connectivity index (χ4n) is 2.93. The molecule has 0 atom stereocenters. The van der Waals surface area contributed by atoms with Crippen LogP contribution >= 0.6 is 23.1 Å². The van der Waals surface area contributed by atoms with Gasteiger partial charge in [0.05, 0.1) is 16.0 Å². The van der Waals surface area contributed by atoms with E-state index in [1.807, 2.05) is 19.1 Å². The molecule has 1 aromatic carbocycles. The van der Waals surface area contributed by atoms with E-state index in [2.05, 4.69) is 26.3 Å². The third-order valence-corrected chi connectivity index (χ3v) is 6.02. The van der Waals surface area contributed by atoms with Crippen LogP contribution in [0.4, 0.5) is 5.13 Å². The largest absolute Gasteiger partial charge is 0.346 e. The minimum atomic E-state index is -0.342. The zero-order valence-corrected chi connectivity index (χ0v) is 15.2. The number of hydrogen-bond acceptors (Lipinski definition) is 6. The maximum atomic E-state index is 12.2. The molecule has 128 valence electrons. The van der Waals surface area contributed by atoms with Crippen molar-refractivity contribution in [1.29, 1.82) is 0 Å². The topological polar surface area (TPSA) is 87.7 Å². The molecular weight excluding hydrogens is 356 g/mol. The van der Waals surface area contributed by atoms with Crippen LogP contribution < -0.4 is 11.0 Å². The van der Waals surface area contributed by atoms with Gasteiger partial charge in [0, 0.05) is 11.3 Å². The molecule has 1 aliphatic rings. The van der Waals surface area contributed by atoms with E-state index in [1.165, 1.54) is 28.7 Å². The molecule has 0 fully saturated rings. The second kappa shape index (κ2) is 6.61. The summed E-state index contributed by atoms with van der Waals surface area (Å²) in [6, 6.07) is 6.01. The van der Waals surface area contributed by atoms with Crippen molar-refractivity contribution < 1.29 is 4.79 Å². The van der Waals surface area contributed by atoms with Gasteiger partial charge in [0.15, 0.2) is 5.13 Å². The molecule has 0 unspecified atom stereocenters. The number of H-pyrrole nitrogens is 1. The summed E-state index contributed by atoms with van der Waals surface area (Å²) in [5, 5.41) is 4.10. The summed E-state index contributed by atoms with van der Waals surface area (Å²) in [7, 11) is 0. The second-order valence-corrected chi connectivity index (χ2v) is 7.98. The normalized spacial score (nSPS) is 13.2. The third kappa shape index (κ3) is 3.45. The highest BCUT2D eigenvalue weighted by Gasteiger charge is 2.19. The lowest BCUT2D eigenvalue weighted by molar-refractivity contribution is -0.113. The van der Waals surface area contributed by atoms with Crippen molar-refractivity contribution in [3.63, 3.8) is 0 Å². The first kappa shape index (κ1) is 16.3. The Kier molecular flexibility index (Phi) is 4.30. The Balaban J connectivity index is 1.45. The first-order chi connectivity index (χ1) is 12.1. The molecule has 0 saturated carbocycles. The van der Waals surface area contributed by atoms with Crippen LogP contribution in [0.3, 0.4) is 0 Å². The number of nitrogens with one attached hydrogen (secondary N) is 2. The number of carbonyl (C=O) groups excluding carboxylic acids is 1. The molecule has 0 radical (unpaired) electrons. The van der Waals surface area contributed by atoms with Gasteiger partial charge in [-0.3, -0.25) is 4.79 Å². The van der Waals surface area contributed by atoms with Gasteiger partial charge in [0.25, 0.3) is 0 Å². The summed E-state index contributed by atoms with van der Waals surface area (Å²) >= 11 is 2.77. The fourth-order valence-corrected chi connectivity index (χ4v) is 4.80. The van der Waals surface area contributed by atoms with Crippen LogP contribution in [0.15, 0.2) is 28.0 Å². The Bertz CT molecular complexity index is 1030. The number of nitrogens with zero attached hydrogens (tertiary/aromatic N) is 2. The van der Waals surface area contributed by atoms with Gasteiger partial charge < -0.3 is 10.3 Å². The number of thioether (sulfide) groups is 1. The molecule has 3 aromatic rings. The maximum Gasteiger partial charge on any atom is 0.346 e. The zero-order valence-electron chi connectivity index (χ0n) is 13.6. The molecule has 0 bridgehead atoms. The average Bonchev–Trinajstić information content (AvgIpc) is 3.18. The lowest BCUT2D eigenvalue weighted by atomic mass is 10.2. The summed E-state index contributed by atoms with van der Waals surface area (Å²) in [5.74, 6) is 0.0623. The third-order valence-electron chi connectivity index (χ3n) is 4.07. The van der Waals surface area contributed by atoms with Crippen LogP contribution in [0.2, 0.25) is 0 Å². The Morgan fingerprint density at radius 2 is 2.24 bits per heavy atom. The van der Waals surface area contributed by atoms with E-state index in [0.29, 0.717) is 10.2 Å². The lowest BCUT2D eigenvalue weighted by Gasteiger charge is -2.06. The van der Waals surface area contributed by atoms with Crippen LogP contribution in [-0.2, 0) is 17.6 Å². The highest BCUT2D eigenvalue weighted by atomic mass is 32.2. The Morgan fingerprint density at radius 3 is 3.12 bits per heavy atom. The van der Waals surface area contributed by atoms with E-state index in [-0.39, 0.29) is 17.3 Å². The van der Waals surface area contributed by atoms with Crippen molar-refractivity contribution >= 4 is 44.4 Å². The number of aryl methyl sites for hydroxylation is 2. The second-order valence-electron chi connectivity index (χ2n) is 5.98. The van der Waals surface area contributed by atoms with Crippen molar-refractivity contribution in [2.75, 3.05) is 11.1 Å². The van der Waals surface area contributed by atoms with Crippen molar-refractivity contribution in [2.45, 2.75) is 31.2 Å². The first-order valence-electron chi connectivity index (χ1n) is 8.00. The van der Waals surface area contributed by atoms with Crippen LogP contribution in [0.5, 0.6) is 0 Å². The van der Waals surface area contributed by atoms with Gasteiger partial charge in [0.1, 0.15) is 5.03 Å². The van der Waals surface area contributed by atoms with Crippen molar-refractivity contribution in [2.24, 2.45) is 0 Å². The highest BCUT2D eigenvalue weighted by Crippen LogP contribution is 2.29. The zero-order chi connectivity index (χ0) is 17.4. The van der Waals surface area contributed by atoms with E-state index in [9.17, 15) is 9.59 Å². The van der Waals surface area contributed by atoms with Gasteiger partial charge in [-0.2, -0.15) is 4.98 Å². The molecule has 0 saturated heterocycles. The smallest absolute Gasteiger partial charge is 0.309 e. The van der Waals surface area contributed by atoms with Crippen molar-refractivity contribution in [1.82, 2.24) is 15.0 Å². The van der Waals surface area contributed by atoms with Crippen molar-refractivity contribution in [3.8, 4) is 0 Å². The number of hydrogen-bond donors (Lipinski definition) is 2. The van der Waals surface area contributed by atoms with Crippen LogP contribution in [-0.4, -0.2) is 26.6 Å². The number of thiazole rings is 1. The highest BCUT2D eigenvalue weighted by molar-refractivity contribution is 8.00. The number of benzene rings is 1. The molecule has 2 N–H and O–H groups in total. The van der Waals surface area contributed by atoms with Crippen LogP contribution in [0.1, 0.15) is 23.2 Å². The first-order valence-corrected chi connectivity index (χ1v) is 9.80. The summed E-state index contributed by atoms with van der Waals surface area (Å²) in [5.41, 5.74) is 3.74. The number of aromatic nitrogens is 3. The van der Waals surface area contributed by atoms with Gasteiger partial charge in [-0.05, 0) is 43.9 Å². The number of aromatic amines is 1. The molecule has 4 rings (SSSR count).